The van der Waals surface area contributed by atoms with E-state index in [0.29, 0.717) is 6.42 Å². The third-order valence-corrected chi connectivity index (χ3v) is 3.85. The van der Waals surface area contributed by atoms with Crippen LogP contribution in [0.2, 0.25) is 0 Å². The van der Waals surface area contributed by atoms with E-state index >= 15 is 0 Å². The first-order valence-corrected chi connectivity index (χ1v) is 7.43. The second-order valence-electron chi connectivity index (χ2n) is 4.72. The summed E-state index contributed by atoms with van der Waals surface area (Å²) in [5, 5.41) is 2.93. The van der Waals surface area contributed by atoms with E-state index in [2.05, 4.69) is 11.9 Å². The second-order valence-corrected chi connectivity index (χ2v) is 5.78. The molecular weight excluding hydrogens is 256 g/mol. The van der Waals surface area contributed by atoms with Gasteiger partial charge in [0, 0.05) is 10.6 Å². The Bertz CT molecular complexity index is 444. The van der Waals surface area contributed by atoms with Crippen molar-refractivity contribution in [2.24, 2.45) is 5.73 Å². The fourth-order valence-corrected chi connectivity index (χ4v) is 2.49. The Morgan fingerprint density at radius 3 is 2.84 bits per heavy atom. The molecule has 0 bridgehead atoms. The van der Waals surface area contributed by atoms with Crippen LogP contribution in [0.5, 0.6) is 0 Å². The number of amides is 1. The molecule has 1 aromatic rings. The van der Waals surface area contributed by atoms with Crippen LogP contribution < -0.4 is 11.1 Å². The minimum atomic E-state index is -0.828. The highest BCUT2D eigenvalue weighted by molar-refractivity contribution is 7.99. The lowest BCUT2D eigenvalue weighted by molar-refractivity contribution is -0.120. The molecule has 1 rings (SSSR count). The Morgan fingerprint density at radius 2 is 2.21 bits per heavy atom. The summed E-state index contributed by atoms with van der Waals surface area (Å²) in [6.07, 6.45) is 3.39. The quantitative estimate of drug-likeness (QED) is 0.593. The van der Waals surface area contributed by atoms with Crippen LogP contribution in [0.25, 0.3) is 0 Å². The van der Waals surface area contributed by atoms with E-state index in [1.54, 1.807) is 18.7 Å². The highest BCUT2D eigenvalue weighted by Crippen LogP contribution is 2.27. The average molecular weight is 278 g/mol. The van der Waals surface area contributed by atoms with Crippen LogP contribution in [0.3, 0.4) is 0 Å². The van der Waals surface area contributed by atoms with Gasteiger partial charge in [-0.3, -0.25) is 4.79 Å². The first-order valence-electron chi connectivity index (χ1n) is 6.44. The van der Waals surface area contributed by atoms with E-state index in [1.165, 1.54) is 0 Å². The molecule has 0 aromatic heterocycles. The number of benzene rings is 1. The van der Waals surface area contributed by atoms with Crippen LogP contribution in [-0.2, 0) is 4.79 Å². The SMILES string of the molecule is C=CCSc1ccccc1NC(=O)C(C)(N)CCC. The van der Waals surface area contributed by atoms with Crippen LogP contribution in [-0.4, -0.2) is 17.2 Å². The Morgan fingerprint density at radius 1 is 1.53 bits per heavy atom. The number of carbonyl (C=O) groups excluding carboxylic acids is 1. The summed E-state index contributed by atoms with van der Waals surface area (Å²) >= 11 is 1.64. The van der Waals surface area contributed by atoms with Crippen LogP contribution in [0.4, 0.5) is 5.69 Å². The number of rotatable bonds is 7. The fraction of sp³-hybridized carbons (Fsp3) is 0.400. The van der Waals surface area contributed by atoms with Crippen molar-refractivity contribution in [3.63, 3.8) is 0 Å². The van der Waals surface area contributed by atoms with Crippen molar-refractivity contribution in [1.82, 2.24) is 0 Å². The van der Waals surface area contributed by atoms with Crippen molar-refractivity contribution in [2.75, 3.05) is 11.1 Å². The zero-order valence-electron chi connectivity index (χ0n) is 11.6. The molecule has 1 unspecified atom stereocenters. The highest BCUT2D eigenvalue weighted by atomic mass is 32.2. The lowest BCUT2D eigenvalue weighted by atomic mass is 9.96. The number of para-hydroxylation sites is 1. The van der Waals surface area contributed by atoms with Gasteiger partial charge in [-0.25, -0.2) is 0 Å². The van der Waals surface area contributed by atoms with E-state index < -0.39 is 5.54 Å². The molecule has 1 aromatic carbocycles. The summed E-state index contributed by atoms with van der Waals surface area (Å²) in [6.45, 7) is 7.49. The average Bonchev–Trinajstić information content (AvgIpc) is 2.37. The topological polar surface area (TPSA) is 55.1 Å². The van der Waals surface area contributed by atoms with Crippen molar-refractivity contribution in [2.45, 2.75) is 37.1 Å². The van der Waals surface area contributed by atoms with E-state index in [9.17, 15) is 4.79 Å². The molecule has 0 aliphatic carbocycles. The predicted molar refractivity (Wildman–Crippen MR) is 83.5 cm³/mol. The molecule has 1 atom stereocenters. The maximum absolute atomic E-state index is 12.2. The number of hydrogen-bond donors (Lipinski definition) is 2. The molecule has 19 heavy (non-hydrogen) atoms. The van der Waals surface area contributed by atoms with Gasteiger partial charge in [0.1, 0.15) is 0 Å². The first kappa shape index (κ1) is 15.8. The molecule has 0 saturated heterocycles. The molecule has 104 valence electrons. The Balaban J connectivity index is 2.81. The van der Waals surface area contributed by atoms with E-state index in [-0.39, 0.29) is 5.91 Å². The zero-order valence-corrected chi connectivity index (χ0v) is 12.4. The van der Waals surface area contributed by atoms with E-state index in [1.807, 2.05) is 37.3 Å². The largest absolute Gasteiger partial charge is 0.323 e. The van der Waals surface area contributed by atoms with Gasteiger partial charge in [-0.2, -0.15) is 0 Å². The fourth-order valence-electron chi connectivity index (χ4n) is 1.74. The molecule has 0 aliphatic rings. The molecule has 0 heterocycles. The van der Waals surface area contributed by atoms with Gasteiger partial charge >= 0.3 is 0 Å². The van der Waals surface area contributed by atoms with Crippen molar-refractivity contribution >= 4 is 23.4 Å². The molecule has 3 N–H and O–H groups in total. The van der Waals surface area contributed by atoms with Crippen molar-refractivity contribution in [3.8, 4) is 0 Å². The van der Waals surface area contributed by atoms with Crippen LogP contribution in [0, 0.1) is 0 Å². The van der Waals surface area contributed by atoms with Gasteiger partial charge in [-0.1, -0.05) is 31.6 Å². The third kappa shape index (κ3) is 4.73. The lowest BCUT2D eigenvalue weighted by Crippen LogP contribution is -2.48. The Kier molecular flexibility index (Phi) is 6.12. The molecule has 4 heteroatoms. The molecule has 1 amide bonds. The van der Waals surface area contributed by atoms with Crippen molar-refractivity contribution in [3.05, 3.63) is 36.9 Å². The van der Waals surface area contributed by atoms with Crippen LogP contribution in [0.1, 0.15) is 26.7 Å². The lowest BCUT2D eigenvalue weighted by Gasteiger charge is -2.23. The smallest absolute Gasteiger partial charge is 0.244 e. The molecule has 0 saturated carbocycles. The predicted octanol–water partition coefficient (Wildman–Crippen LogP) is 3.42. The van der Waals surface area contributed by atoms with Gasteiger partial charge in [0.2, 0.25) is 5.91 Å². The Hall–Kier alpha value is -1.26. The highest BCUT2D eigenvalue weighted by Gasteiger charge is 2.27. The molecule has 0 spiro atoms. The summed E-state index contributed by atoms with van der Waals surface area (Å²) in [5.74, 6) is 0.669. The third-order valence-electron chi connectivity index (χ3n) is 2.78. The standard InChI is InChI=1S/C15H22N2OS/c1-4-10-15(3,16)14(18)17-12-8-6-7-9-13(12)19-11-5-2/h5-9H,2,4,10-11,16H2,1,3H3,(H,17,18). The molecule has 0 fully saturated rings. The summed E-state index contributed by atoms with van der Waals surface area (Å²) in [5.41, 5.74) is 6.02. The maximum Gasteiger partial charge on any atom is 0.244 e. The van der Waals surface area contributed by atoms with Gasteiger partial charge < -0.3 is 11.1 Å². The molecular formula is C15H22N2OS. The van der Waals surface area contributed by atoms with Gasteiger partial charge in [0.15, 0.2) is 0 Å². The maximum atomic E-state index is 12.2. The normalized spacial score (nSPS) is 13.6. The summed E-state index contributed by atoms with van der Waals surface area (Å²) in [6, 6.07) is 7.73. The van der Waals surface area contributed by atoms with Gasteiger partial charge in [0.25, 0.3) is 0 Å². The van der Waals surface area contributed by atoms with Crippen molar-refractivity contribution < 1.29 is 4.79 Å². The number of thioether (sulfide) groups is 1. The molecule has 0 radical (unpaired) electrons. The van der Waals surface area contributed by atoms with Crippen molar-refractivity contribution in [1.29, 1.82) is 0 Å². The number of nitrogens with two attached hydrogens (primary N) is 1. The Labute approximate surface area is 119 Å². The van der Waals surface area contributed by atoms with Gasteiger partial charge in [-0.05, 0) is 25.5 Å². The van der Waals surface area contributed by atoms with Crippen LogP contribution >= 0.6 is 11.8 Å². The van der Waals surface area contributed by atoms with Gasteiger partial charge in [-0.15, -0.1) is 18.3 Å². The zero-order chi connectivity index (χ0) is 14.3. The second kappa shape index (κ2) is 7.36. The molecule has 3 nitrogen and oxygen atoms in total. The van der Waals surface area contributed by atoms with E-state index in [4.69, 9.17) is 5.73 Å². The number of carbonyl (C=O) groups is 1. The number of anilines is 1. The van der Waals surface area contributed by atoms with Gasteiger partial charge in [0.05, 0.1) is 11.2 Å². The number of nitrogens with one attached hydrogen (secondary N) is 1. The minimum Gasteiger partial charge on any atom is -0.323 e. The summed E-state index contributed by atoms with van der Waals surface area (Å²) in [4.78, 5) is 13.2. The summed E-state index contributed by atoms with van der Waals surface area (Å²) < 4.78 is 0. The first-order chi connectivity index (χ1) is 9.01. The van der Waals surface area contributed by atoms with E-state index in [0.717, 1.165) is 22.8 Å². The van der Waals surface area contributed by atoms with Crippen LogP contribution in [0.15, 0.2) is 41.8 Å². The minimum absolute atomic E-state index is 0.138. The monoisotopic (exact) mass is 278 g/mol. The number of hydrogen-bond acceptors (Lipinski definition) is 3. The molecule has 0 aliphatic heterocycles. The summed E-state index contributed by atoms with van der Waals surface area (Å²) in [7, 11) is 0.